The van der Waals surface area contributed by atoms with Gasteiger partial charge in [-0.1, -0.05) is 77.2 Å². The molecule has 0 aromatic carbocycles. The van der Waals surface area contributed by atoms with Gasteiger partial charge in [0.05, 0.1) is 0 Å². The van der Waals surface area contributed by atoms with Gasteiger partial charge in [-0.15, -0.1) is 0 Å². The number of rotatable bonds is 13. The van der Waals surface area contributed by atoms with E-state index in [2.05, 4.69) is 42.8 Å². The van der Waals surface area contributed by atoms with E-state index in [1.54, 1.807) is 0 Å². The molecule has 0 aliphatic carbocycles. The molecule has 0 spiro atoms. The molecule has 0 fully saturated rings. The van der Waals surface area contributed by atoms with E-state index in [1.807, 2.05) is 0 Å². The van der Waals surface area contributed by atoms with Gasteiger partial charge in [-0.2, -0.15) is 0 Å². The summed E-state index contributed by atoms with van der Waals surface area (Å²) in [6.07, 6.45) is 19.3. The molecule has 2 heteroatoms. The van der Waals surface area contributed by atoms with Crippen molar-refractivity contribution < 1.29 is 28.5 Å². The van der Waals surface area contributed by atoms with Gasteiger partial charge in [-0.3, -0.25) is 0 Å². The van der Waals surface area contributed by atoms with Crippen molar-refractivity contribution in [1.29, 1.82) is 0 Å². The normalized spacial score (nSPS) is 10.5. The fourth-order valence-electron chi connectivity index (χ4n) is 2.94. The summed E-state index contributed by atoms with van der Waals surface area (Å²) in [5.74, 6) is 0. The lowest BCUT2D eigenvalue weighted by molar-refractivity contribution is -0.703. The molecule has 0 saturated carbocycles. The van der Waals surface area contributed by atoms with Gasteiger partial charge in [0, 0.05) is 25.5 Å². The minimum atomic E-state index is 0. The van der Waals surface area contributed by atoms with Crippen LogP contribution in [0.5, 0.6) is 0 Å². The molecule has 1 rings (SSSR count). The third-order valence-corrected chi connectivity index (χ3v) is 4.42. The monoisotopic (exact) mass is 417 g/mol. The van der Waals surface area contributed by atoms with E-state index in [0.29, 0.717) is 0 Å². The Hall–Kier alpha value is -0.120. The lowest BCUT2D eigenvalue weighted by atomic mass is 10.1. The summed E-state index contributed by atoms with van der Waals surface area (Å²) >= 11 is 0. The molecular weight excluding hydrogens is 381 g/mol. The zero-order chi connectivity index (χ0) is 15.2. The van der Waals surface area contributed by atoms with E-state index in [-0.39, 0.29) is 24.0 Å². The summed E-state index contributed by atoms with van der Waals surface area (Å²) in [5.41, 5.74) is 1.38. The van der Waals surface area contributed by atoms with Crippen molar-refractivity contribution in [2.45, 2.75) is 97.4 Å². The van der Waals surface area contributed by atoms with E-state index >= 15 is 0 Å². The summed E-state index contributed by atoms with van der Waals surface area (Å²) < 4.78 is 2.37. The zero-order valence-electron chi connectivity index (χ0n) is 14.8. The lowest BCUT2D eigenvalue weighted by Crippen LogP contribution is -3.00. The first-order valence-corrected chi connectivity index (χ1v) is 9.29. The molecule has 0 bridgehead atoms. The molecule has 128 valence electrons. The predicted molar refractivity (Wildman–Crippen MR) is 92.5 cm³/mol. The number of halogens is 1. The molecule has 0 aliphatic rings. The second-order valence-electron chi connectivity index (χ2n) is 6.42. The molecule has 22 heavy (non-hydrogen) atoms. The SMILES string of the molecule is CCCCCCCCCCCCCC[n+]1ccccc1C.[I-]. The van der Waals surface area contributed by atoms with Gasteiger partial charge < -0.3 is 24.0 Å². The van der Waals surface area contributed by atoms with Crippen LogP contribution >= 0.6 is 0 Å². The first-order chi connectivity index (χ1) is 10.3. The second kappa shape index (κ2) is 15.8. The second-order valence-corrected chi connectivity index (χ2v) is 6.42. The van der Waals surface area contributed by atoms with Crippen LogP contribution in [-0.2, 0) is 6.54 Å². The Balaban J connectivity index is 0.00000441. The van der Waals surface area contributed by atoms with Gasteiger partial charge in [0.2, 0.25) is 0 Å². The molecule has 0 unspecified atom stereocenters. The predicted octanol–water partition coefficient (Wildman–Crippen LogP) is 2.99. The Morgan fingerprint density at radius 2 is 1.23 bits per heavy atom. The molecule has 0 saturated heterocycles. The van der Waals surface area contributed by atoms with Crippen molar-refractivity contribution in [1.82, 2.24) is 0 Å². The van der Waals surface area contributed by atoms with E-state index < -0.39 is 0 Å². The fourth-order valence-corrected chi connectivity index (χ4v) is 2.94. The quantitative estimate of drug-likeness (QED) is 0.264. The van der Waals surface area contributed by atoms with Gasteiger partial charge in [0.1, 0.15) is 6.54 Å². The highest BCUT2D eigenvalue weighted by Gasteiger charge is 2.03. The number of aromatic nitrogens is 1. The van der Waals surface area contributed by atoms with Crippen LogP contribution in [0.4, 0.5) is 0 Å². The maximum absolute atomic E-state index is 2.37. The Bertz CT molecular complexity index is 351. The van der Waals surface area contributed by atoms with Crippen molar-refractivity contribution in [2.24, 2.45) is 0 Å². The van der Waals surface area contributed by atoms with Gasteiger partial charge in [-0.05, 0) is 6.42 Å². The molecule has 0 N–H and O–H groups in total. The first kappa shape index (κ1) is 21.9. The number of pyridine rings is 1. The van der Waals surface area contributed by atoms with Gasteiger partial charge in [0.15, 0.2) is 11.9 Å². The zero-order valence-corrected chi connectivity index (χ0v) is 17.0. The maximum Gasteiger partial charge on any atom is 0.178 e. The van der Waals surface area contributed by atoms with Crippen LogP contribution in [0.15, 0.2) is 24.4 Å². The molecule has 0 radical (unpaired) electrons. The Morgan fingerprint density at radius 1 is 0.727 bits per heavy atom. The van der Waals surface area contributed by atoms with Crippen LogP contribution in [-0.4, -0.2) is 0 Å². The van der Waals surface area contributed by atoms with E-state index in [4.69, 9.17) is 0 Å². The van der Waals surface area contributed by atoms with Crippen molar-refractivity contribution in [2.75, 3.05) is 0 Å². The number of hydrogen-bond donors (Lipinski definition) is 0. The lowest BCUT2D eigenvalue weighted by Gasteiger charge is -2.03. The largest absolute Gasteiger partial charge is 1.00 e. The average molecular weight is 417 g/mol. The minimum absolute atomic E-state index is 0. The summed E-state index contributed by atoms with van der Waals surface area (Å²) in [5, 5.41) is 0. The van der Waals surface area contributed by atoms with Crippen LogP contribution in [0.25, 0.3) is 0 Å². The molecule has 1 heterocycles. The highest BCUT2D eigenvalue weighted by molar-refractivity contribution is 4.93. The summed E-state index contributed by atoms with van der Waals surface area (Å²) in [6, 6.07) is 6.45. The summed E-state index contributed by atoms with van der Waals surface area (Å²) in [6.45, 7) is 5.67. The molecule has 0 amide bonds. The Morgan fingerprint density at radius 3 is 1.73 bits per heavy atom. The van der Waals surface area contributed by atoms with Gasteiger partial charge >= 0.3 is 0 Å². The van der Waals surface area contributed by atoms with Crippen LogP contribution in [0.3, 0.4) is 0 Å². The molecule has 1 aromatic rings. The van der Waals surface area contributed by atoms with Crippen LogP contribution < -0.4 is 28.5 Å². The van der Waals surface area contributed by atoms with Gasteiger partial charge in [0.25, 0.3) is 0 Å². The highest BCUT2D eigenvalue weighted by atomic mass is 127. The standard InChI is InChI=1S/C20H36N.HI/c1-3-4-5-6-7-8-9-10-11-12-13-15-18-21-19-16-14-17-20(21)2;/h14,16-17,19H,3-13,15,18H2,1-2H3;1H/q+1;/p-1. The van der Waals surface area contributed by atoms with Crippen molar-refractivity contribution in [3.8, 4) is 0 Å². The molecular formula is C20H36IN. The van der Waals surface area contributed by atoms with Crippen LogP contribution in [0, 0.1) is 6.92 Å². The molecule has 1 aromatic heterocycles. The van der Waals surface area contributed by atoms with Crippen molar-refractivity contribution in [3.63, 3.8) is 0 Å². The van der Waals surface area contributed by atoms with E-state index in [1.165, 1.54) is 89.3 Å². The topological polar surface area (TPSA) is 3.88 Å². The number of hydrogen-bond acceptors (Lipinski definition) is 0. The van der Waals surface area contributed by atoms with Crippen LogP contribution in [0.2, 0.25) is 0 Å². The Labute approximate surface area is 155 Å². The van der Waals surface area contributed by atoms with Gasteiger partial charge in [-0.25, -0.2) is 4.57 Å². The molecule has 0 atom stereocenters. The maximum atomic E-state index is 2.37. The van der Waals surface area contributed by atoms with Crippen LogP contribution in [0.1, 0.15) is 89.7 Å². The number of nitrogens with zero attached hydrogens (tertiary/aromatic N) is 1. The summed E-state index contributed by atoms with van der Waals surface area (Å²) in [4.78, 5) is 0. The third kappa shape index (κ3) is 11.4. The minimum Gasteiger partial charge on any atom is -1.00 e. The average Bonchev–Trinajstić information content (AvgIpc) is 2.50. The Kier molecular flexibility index (Phi) is 15.7. The number of aryl methyl sites for hydroxylation is 2. The third-order valence-electron chi connectivity index (χ3n) is 4.42. The van der Waals surface area contributed by atoms with E-state index in [9.17, 15) is 0 Å². The number of unbranched alkanes of at least 4 members (excludes halogenated alkanes) is 11. The molecule has 0 aliphatic heterocycles. The smallest absolute Gasteiger partial charge is 0.178 e. The van der Waals surface area contributed by atoms with Crippen molar-refractivity contribution in [3.05, 3.63) is 30.1 Å². The highest BCUT2D eigenvalue weighted by Crippen LogP contribution is 2.11. The summed E-state index contributed by atoms with van der Waals surface area (Å²) in [7, 11) is 0. The molecule has 1 nitrogen and oxygen atoms in total. The fraction of sp³-hybridized carbons (Fsp3) is 0.750. The van der Waals surface area contributed by atoms with E-state index in [0.717, 1.165) is 0 Å². The first-order valence-electron chi connectivity index (χ1n) is 9.29. The van der Waals surface area contributed by atoms with Crippen molar-refractivity contribution >= 4 is 0 Å².